The van der Waals surface area contributed by atoms with Gasteiger partial charge in [0.1, 0.15) is 0 Å². The van der Waals surface area contributed by atoms with E-state index in [4.69, 9.17) is 15.1 Å². The molecule has 0 radical (unpaired) electrons. The van der Waals surface area contributed by atoms with Crippen molar-refractivity contribution in [3.63, 3.8) is 0 Å². The van der Waals surface area contributed by atoms with Gasteiger partial charge in [-0.1, -0.05) is 23.4 Å². The Bertz CT molecular complexity index is 709. The number of carboxylic acids is 2. The molecule has 0 heterocycles. The number of benzene rings is 2. The average molecular weight is 285 g/mol. The van der Waals surface area contributed by atoms with E-state index in [2.05, 4.69) is 5.16 Å². The topological polar surface area (TPSA) is 96.2 Å². The highest BCUT2D eigenvalue weighted by Gasteiger charge is 2.04. The zero-order valence-corrected chi connectivity index (χ0v) is 10.8. The van der Waals surface area contributed by atoms with E-state index in [0.717, 1.165) is 0 Å². The van der Waals surface area contributed by atoms with Crippen molar-refractivity contribution in [2.75, 3.05) is 0 Å². The monoisotopic (exact) mass is 285 g/mol. The van der Waals surface area contributed by atoms with Crippen molar-refractivity contribution in [2.24, 2.45) is 5.16 Å². The molecule has 2 aromatic carbocycles. The molecule has 0 saturated heterocycles. The first-order valence-electron chi connectivity index (χ1n) is 5.93. The molecular weight excluding hydrogens is 274 g/mol. The lowest BCUT2D eigenvalue weighted by atomic mass is 10.1. The van der Waals surface area contributed by atoms with Crippen LogP contribution >= 0.6 is 0 Å². The molecule has 0 unspecified atom stereocenters. The average Bonchev–Trinajstić information content (AvgIpc) is 2.48. The summed E-state index contributed by atoms with van der Waals surface area (Å²) in [6.45, 7) is 0. The Morgan fingerprint density at radius 2 is 1.57 bits per heavy atom. The Balaban J connectivity index is 2.09. The first-order chi connectivity index (χ1) is 10.1. The lowest BCUT2D eigenvalue weighted by Crippen LogP contribution is -1.97. The molecule has 0 fully saturated rings. The Labute approximate surface area is 119 Å². The van der Waals surface area contributed by atoms with Crippen molar-refractivity contribution >= 4 is 18.2 Å². The molecule has 0 aliphatic carbocycles. The van der Waals surface area contributed by atoms with Gasteiger partial charge in [-0.2, -0.15) is 0 Å². The molecule has 6 nitrogen and oxygen atoms in total. The van der Waals surface area contributed by atoms with Gasteiger partial charge in [0.05, 0.1) is 17.3 Å². The molecule has 0 bridgehead atoms. The Morgan fingerprint density at radius 1 is 0.952 bits per heavy atom. The number of rotatable bonds is 5. The Kier molecular flexibility index (Phi) is 4.30. The van der Waals surface area contributed by atoms with Crippen molar-refractivity contribution in [1.82, 2.24) is 0 Å². The summed E-state index contributed by atoms with van der Waals surface area (Å²) in [7, 11) is 0. The maximum Gasteiger partial charge on any atom is 0.335 e. The first-order valence-corrected chi connectivity index (χ1v) is 5.93. The number of carbonyl (C=O) groups is 2. The maximum absolute atomic E-state index is 10.8. The van der Waals surface area contributed by atoms with Crippen molar-refractivity contribution in [3.8, 4) is 5.75 Å². The van der Waals surface area contributed by atoms with Gasteiger partial charge in [-0.3, -0.25) is 0 Å². The number of nitrogens with zero attached hydrogens (tertiary/aromatic N) is 1. The van der Waals surface area contributed by atoms with Crippen LogP contribution in [-0.2, 0) is 0 Å². The molecule has 2 rings (SSSR count). The van der Waals surface area contributed by atoms with Gasteiger partial charge in [0, 0.05) is 0 Å². The Hall–Kier alpha value is -3.15. The minimum absolute atomic E-state index is 0.0931. The minimum Gasteiger partial charge on any atom is -0.478 e. The lowest BCUT2D eigenvalue weighted by molar-refractivity contribution is 0.0686. The molecule has 21 heavy (non-hydrogen) atoms. The van der Waals surface area contributed by atoms with Gasteiger partial charge in [0.15, 0.2) is 5.75 Å². The number of hydrogen-bond donors (Lipinski definition) is 2. The second-order valence-corrected chi connectivity index (χ2v) is 4.09. The minimum atomic E-state index is -1.06. The lowest BCUT2D eigenvalue weighted by Gasteiger charge is -2.00. The highest BCUT2D eigenvalue weighted by molar-refractivity contribution is 5.91. The third-order valence-electron chi connectivity index (χ3n) is 2.57. The second kappa shape index (κ2) is 6.33. The largest absolute Gasteiger partial charge is 0.478 e. The predicted molar refractivity (Wildman–Crippen MR) is 75.0 cm³/mol. The van der Waals surface area contributed by atoms with Gasteiger partial charge in [-0.15, -0.1) is 0 Å². The van der Waals surface area contributed by atoms with Crippen LogP contribution < -0.4 is 4.84 Å². The van der Waals surface area contributed by atoms with E-state index in [1.807, 2.05) is 0 Å². The molecule has 6 heteroatoms. The summed E-state index contributed by atoms with van der Waals surface area (Å²) in [5.74, 6) is -1.81. The number of hydrogen-bond acceptors (Lipinski definition) is 4. The van der Waals surface area contributed by atoms with E-state index < -0.39 is 11.9 Å². The Morgan fingerprint density at radius 3 is 2.24 bits per heavy atom. The standard InChI is InChI=1S/C15H11NO5/c17-14(18)11-4-1-3-10(7-11)9-16-21-13-6-2-5-12(8-13)15(19)20/h1-9H,(H,17,18)(H,19,20)/b16-9+. The molecule has 0 amide bonds. The summed E-state index contributed by atoms with van der Waals surface area (Å²) in [6, 6.07) is 12.1. The molecule has 0 aromatic heterocycles. The van der Waals surface area contributed by atoms with E-state index in [1.165, 1.54) is 30.5 Å². The summed E-state index contributed by atoms with van der Waals surface area (Å²) in [5, 5.41) is 21.4. The summed E-state index contributed by atoms with van der Waals surface area (Å²) < 4.78 is 0. The van der Waals surface area contributed by atoms with Crippen LogP contribution in [0.15, 0.2) is 53.7 Å². The van der Waals surface area contributed by atoms with Crippen LogP contribution in [0.2, 0.25) is 0 Å². The van der Waals surface area contributed by atoms with E-state index >= 15 is 0 Å². The second-order valence-electron chi connectivity index (χ2n) is 4.09. The zero-order valence-electron chi connectivity index (χ0n) is 10.8. The van der Waals surface area contributed by atoms with Gasteiger partial charge in [0.2, 0.25) is 0 Å². The predicted octanol–water partition coefficient (Wildman–Crippen LogP) is 2.50. The van der Waals surface area contributed by atoms with Gasteiger partial charge < -0.3 is 15.1 Å². The fourth-order valence-corrected chi connectivity index (χ4v) is 1.59. The fraction of sp³-hybridized carbons (Fsp3) is 0. The normalized spacial score (nSPS) is 10.5. The molecule has 0 atom stereocenters. The molecule has 106 valence electrons. The third kappa shape index (κ3) is 3.90. The molecule has 2 N–H and O–H groups in total. The van der Waals surface area contributed by atoms with E-state index in [-0.39, 0.29) is 16.9 Å². The van der Waals surface area contributed by atoms with Crippen molar-refractivity contribution in [3.05, 3.63) is 65.2 Å². The van der Waals surface area contributed by atoms with Crippen LogP contribution in [0.5, 0.6) is 5.75 Å². The summed E-state index contributed by atoms with van der Waals surface area (Å²) in [5.41, 5.74) is 0.798. The molecule has 0 aliphatic rings. The van der Waals surface area contributed by atoms with Crippen molar-refractivity contribution < 1.29 is 24.6 Å². The van der Waals surface area contributed by atoms with E-state index in [1.54, 1.807) is 24.3 Å². The van der Waals surface area contributed by atoms with Gasteiger partial charge in [-0.25, -0.2) is 9.59 Å². The van der Waals surface area contributed by atoms with Crippen LogP contribution in [0.25, 0.3) is 0 Å². The third-order valence-corrected chi connectivity index (χ3v) is 2.57. The van der Waals surface area contributed by atoms with Crippen LogP contribution in [0.3, 0.4) is 0 Å². The van der Waals surface area contributed by atoms with E-state index in [9.17, 15) is 9.59 Å². The highest BCUT2D eigenvalue weighted by atomic mass is 16.6. The number of oxime groups is 1. The highest BCUT2D eigenvalue weighted by Crippen LogP contribution is 2.13. The SMILES string of the molecule is O=C(O)c1cccc(/C=N/Oc2cccc(C(=O)O)c2)c1. The molecule has 0 aliphatic heterocycles. The summed E-state index contributed by atoms with van der Waals surface area (Å²) >= 11 is 0. The van der Waals surface area contributed by atoms with Crippen LogP contribution in [-0.4, -0.2) is 28.4 Å². The maximum atomic E-state index is 10.8. The van der Waals surface area contributed by atoms with Crippen molar-refractivity contribution in [1.29, 1.82) is 0 Å². The number of aromatic carboxylic acids is 2. The van der Waals surface area contributed by atoms with E-state index in [0.29, 0.717) is 5.56 Å². The molecule has 0 spiro atoms. The van der Waals surface area contributed by atoms with Crippen LogP contribution in [0, 0.1) is 0 Å². The fourth-order valence-electron chi connectivity index (χ4n) is 1.59. The molecule has 0 saturated carbocycles. The quantitative estimate of drug-likeness (QED) is 0.650. The molecular formula is C15H11NO5. The summed E-state index contributed by atoms with van der Waals surface area (Å²) in [6.07, 6.45) is 1.35. The van der Waals surface area contributed by atoms with Crippen molar-refractivity contribution in [2.45, 2.75) is 0 Å². The zero-order chi connectivity index (χ0) is 15.2. The first kappa shape index (κ1) is 14.3. The molecule has 2 aromatic rings. The number of carboxylic acid groups (broad SMARTS) is 2. The van der Waals surface area contributed by atoms with Gasteiger partial charge >= 0.3 is 11.9 Å². The smallest absolute Gasteiger partial charge is 0.335 e. The van der Waals surface area contributed by atoms with Gasteiger partial charge in [0.25, 0.3) is 0 Å². The summed E-state index contributed by atoms with van der Waals surface area (Å²) in [4.78, 5) is 26.7. The van der Waals surface area contributed by atoms with Gasteiger partial charge in [-0.05, 0) is 35.9 Å². The van der Waals surface area contributed by atoms with Crippen LogP contribution in [0.1, 0.15) is 26.3 Å². The van der Waals surface area contributed by atoms with Crippen LogP contribution in [0.4, 0.5) is 0 Å².